The average molecular weight is 359 g/mol. The lowest BCUT2D eigenvalue weighted by Crippen LogP contribution is -2.35. The summed E-state index contributed by atoms with van der Waals surface area (Å²) >= 11 is 11.4. The van der Waals surface area contributed by atoms with E-state index in [0.29, 0.717) is 5.92 Å². The number of nitrogens with zero attached hydrogens (tertiary/aromatic N) is 1. The summed E-state index contributed by atoms with van der Waals surface area (Å²) in [6.07, 6.45) is 2.08. The Balaban J connectivity index is 1.93. The van der Waals surface area contributed by atoms with Crippen molar-refractivity contribution in [1.29, 1.82) is 0 Å². The summed E-state index contributed by atoms with van der Waals surface area (Å²) in [6, 6.07) is 7.89. The van der Waals surface area contributed by atoms with Gasteiger partial charge in [-0.2, -0.15) is 0 Å². The first-order valence-corrected chi connectivity index (χ1v) is 8.33. The molecule has 1 amide bonds. The Labute approximate surface area is 130 Å². The number of rotatable bonds is 2. The molecule has 0 N–H and O–H groups in total. The Morgan fingerprint density at radius 1 is 1.47 bits per heavy atom. The molecule has 1 spiro atoms. The van der Waals surface area contributed by atoms with Crippen molar-refractivity contribution in [2.75, 3.05) is 0 Å². The van der Waals surface area contributed by atoms with Gasteiger partial charge < -0.3 is 0 Å². The summed E-state index contributed by atoms with van der Waals surface area (Å²) in [4.78, 5) is 16.2. The van der Waals surface area contributed by atoms with E-state index in [-0.39, 0.29) is 10.7 Å². The van der Waals surface area contributed by atoms with E-state index in [4.69, 9.17) is 11.6 Å². The zero-order chi connectivity index (χ0) is 13.6. The lowest BCUT2D eigenvalue weighted by Gasteiger charge is -2.25. The minimum absolute atomic E-state index is 0.114. The number of benzene rings is 1. The minimum Gasteiger partial charge on any atom is -0.271 e. The first-order chi connectivity index (χ1) is 9.06. The number of aliphatic imine (C=N–C) groups is 1. The van der Waals surface area contributed by atoms with Gasteiger partial charge in [0.05, 0.1) is 4.75 Å². The van der Waals surface area contributed by atoms with E-state index in [2.05, 4.69) is 27.8 Å². The SMILES string of the molecule is CCC1CC12SC(c1ccc(Br)cc1)=NC(=O)C2Cl. The fourth-order valence-corrected chi connectivity index (χ4v) is 4.87. The molecule has 5 heteroatoms. The van der Waals surface area contributed by atoms with E-state index in [9.17, 15) is 4.79 Å². The topological polar surface area (TPSA) is 29.4 Å². The van der Waals surface area contributed by atoms with E-state index in [1.54, 1.807) is 11.8 Å². The fraction of sp³-hybridized carbons (Fsp3) is 0.429. The molecule has 1 saturated carbocycles. The third kappa shape index (κ3) is 2.28. The average Bonchev–Trinajstić information content (AvgIpc) is 3.11. The normalized spacial score (nSPS) is 33.4. The molecule has 0 bridgehead atoms. The van der Waals surface area contributed by atoms with Crippen molar-refractivity contribution in [2.45, 2.75) is 29.9 Å². The summed E-state index contributed by atoms with van der Waals surface area (Å²) in [7, 11) is 0. The molecule has 2 nitrogen and oxygen atoms in total. The van der Waals surface area contributed by atoms with Crippen LogP contribution in [0.5, 0.6) is 0 Å². The molecule has 0 aromatic heterocycles. The highest BCUT2D eigenvalue weighted by atomic mass is 79.9. The van der Waals surface area contributed by atoms with Crippen molar-refractivity contribution in [3.8, 4) is 0 Å². The van der Waals surface area contributed by atoms with Crippen LogP contribution in [-0.4, -0.2) is 21.1 Å². The van der Waals surface area contributed by atoms with Gasteiger partial charge in [-0.05, 0) is 24.5 Å². The smallest absolute Gasteiger partial charge is 0.266 e. The van der Waals surface area contributed by atoms with Crippen molar-refractivity contribution < 1.29 is 4.79 Å². The number of halogens is 2. The molecule has 1 aliphatic carbocycles. The highest BCUT2D eigenvalue weighted by molar-refractivity contribution is 9.10. The lowest BCUT2D eigenvalue weighted by atomic mass is 10.1. The van der Waals surface area contributed by atoms with E-state index < -0.39 is 5.38 Å². The Morgan fingerprint density at radius 3 is 2.74 bits per heavy atom. The van der Waals surface area contributed by atoms with Crippen LogP contribution in [0, 0.1) is 5.92 Å². The molecule has 1 aromatic carbocycles. The maximum Gasteiger partial charge on any atom is 0.266 e. The van der Waals surface area contributed by atoms with Crippen LogP contribution >= 0.6 is 39.3 Å². The molecule has 3 rings (SSSR count). The third-order valence-corrected chi connectivity index (χ3v) is 6.69. The molecular weight excluding hydrogens is 346 g/mol. The highest BCUT2D eigenvalue weighted by Gasteiger charge is 2.62. The molecule has 1 aromatic rings. The maximum absolute atomic E-state index is 12.0. The van der Waals surface area contributed by atoms with Gasteiger partial charge in [-0.25, -0.2) is 4.99 Å². The quantitative estimate of drug-likeness (QED) is 0.740. The Hall–Kier alpha value is -0.320. The van der Waals surface area contributed by atoms with Gasteiger partial charge in [0.25, 0.3) is 5.91 Å². The van der Waals surface area contributed by atoms with Crippen molar-refractivity contribution in [2.24, 2.45) is 10.9 Å². The predicted octanol–water partition coefficient (Wildman–Crippen LogP) is 4.25. The van der Waals surface area contributed by atoms with Crippen molar-refractivity contribution >= 4 is 50.2 Å². The van der Waals surface area contributed by atoms with Gasteiger partial charge in [-0.1, -0.05) is 53.2 Å². The third-order valence-electron chi connectivity index (χ3n) is 3.82. The van der Waals surface area contributed by atoms with Gasteiger partial charge in [-0.3, -0.25) is 4.79 Å². The molecule has 0 saturated heterocycles. The van der Waals surface area contributed by atoms with Gasteiger partial charge in [0.1, 0.15) is 10.4 Å². The molecule has 1 fully saturated rings. The molecule has 100 valence electrons. The van der Waals surface area contributed by atoms with Gasteiger partial charge in [0.15, 0.2) is 0 Å². The first-order valence-electron chi connectivity index (χ1n) is 6.28. The summed E-state index contributed by atoms with van der Waals surface area (Å²) in [6.45, 7) is 2.15. The number of alkyl halides is 1. The van der Waals surface area contributed by atoms with Crippen LogP contribution in [-0.2, 0) is 4.79 Å². The number of hydrogen-bond acceptors (Lipinski definition) is 2. The predicted molar refractivity (Wildman–Crippen MR) is 84.0 cm³/mol. The molecule has 3 unspecified atom stereocenters. The Bertz CT molecular complexity index is 559. The second-order valence-electron chi connectivity index (χ2n) is 4.99. The van der Waals surface area contributed by atoms with E-state index in [0.717, 1.165) is 27.9 Å². The van der Waals surface area contributed by atoms with Crippen molar-refractivity contribution in [1.82, 2.24) is 0 Å². The molecule has 3 atom stereocenters. The van der Waals surface area contributed by atoms with E-state index in [1.807, 2.05) is 24.3 Å². The second-order valence-corrected chi connectivity index (χ2v) is 7.69. The highest BCUT2D eigenvalue weighted by Crippen LogP contribution is 2.62. The second kappa shape index (κ2) is 4.90. The largest absolute Gasteiger partial charge is 0.271 e. The summed E-state index contributed by atoms with van der Waals surface area (Å²) < 4.78 is 0.907. The van der Waals surface area contributed by atoms with Crippen LogP contribution in [0.3, 0.4) is 0 Å². The number of carbonyl (C=O) groups excluding carboxylic acids is 1. The molecule has 0 radical (unpaired) electrons. The number of amides is 1. The Morgan fingerprint density at radius 2 is 2.16 bits per heavy atom. The van der Waals surface area contributed by atoms with Gasteiger partial charge in [-0.15, -0.1) is 11.6 Å². The van der Waals surface area contributed by atoms with Crippen LogP contribution in [0.25, 0.3) is 0 Å². The fourth-order valence-electron chi connectivity index (χ4n) is 2.59. The van der Waals surface area contributed by atoms with Gasteiger partial charge in [0.2, 0.25) is 0 Å². The van der Waals surface area contributed by atoms with Crippen LogP contribution in [0.2, 0.25) is 0 Å². The summed E-state index contributed by atoms with van der Waals surface area (Å²) in [5.41, 5.74) is 0.992. The summed E-state index contributed by atoms with van der Waals surface area (Å²) in [5, 5.41) is 0.340. The minimum atomic E-state index is -0.471. The standard InChI is InChI=1S/C14H13BrClNOS/c1-2-9-7-14(9)11(16)12(18)17-13(19-14)8-3-5-10(15)6-4-8/h3-6,9,11H,2,7H2,1H3. The van der Waals surface area contributed by atoms with Gasteiger partial charge >= 0.3 is 0 Å². The number of thioether (sulfide) groups is 1. The number of hydrogen-bond donors (Lipinski definition) is 0. The Kier molecular flexibility index (Phi) is 3.52. The van der Waals surface area contributed by atoms with Crippen LogP contribution < -0.4 is 0 Å². The maximum atomic E-state index is 12.0. The van der Waals surface area contributed by atoms with Crippen LogP contribution in [0.15, 0.2) is 33.7 Å². The van der Waals surface area contributed by atoms with Gasteiger partial charge in [0, 0.05) is 10.0 Å². The van der Waals surface area contributed by atoms with Crippen LogP contribution in [0.1, 0.15) is 25.3 Å². The first kappa shape index (κ1) is 13.7. The van der Waals surface area contributed by atoms with Crippen LogP contribution in [0.4, 0.5) is 0 Å². The van der Waals surface area contributed by atoms with E-state index in [1.165, 1.54) is 0 Å². The zero-order valence-corrected chi connectivity index (χ0v) is 13.6. The molecule has 19 heavy (non-hydrogen) atoms. The number of carbonyl (C=O) groups is 1. The zero-order valence-electron chi connectivity index (χ0n) is 10.4. The van der Waals surface area contributed by atoms with Crippen molar-refractivity contribution in [3.63, 3.8) is 0 Å². The monoisotopic (exact) mass is 357 g/mol. The van der Waals surface area contributed by atoms with Crippen molar-refractivity contribution in [3.05, 3.63) is 34.3 Å². The molecule has 2 aliphatic rings. The van der Waals surface area contributed by atoms with E-state index >= 15 is 0 Å². The summed E-state index contributed by atoms with van der Waals surface area (Å²) in [5.74, 6) is 0.346. The molecule has 1 heterocycles. The molecular formula is C14H13BrClNOS. The lowest BCUT2D eigenvalue weighted by molar-refractivity contribution is -0.117. The molecule has 1 aliphatic heterocycles.